The third-order valence-corrected chi connectivity index (χ3v) is 6.10. The lowest BCUT2D eigenvalue weighted by atomic mass is 9.79. The first-order valence-electron chi connectivity index (χ1n) is 10.4. The van der Waals surface area contributed by atoms with Crippen molar-refractivity contribution in [3.63, 3.8) is 0 Å². The highest BCUT2D eigenvalue weighted by Gasteiger charge is 2.54. The highest BCUT2D eigenvalue weighted by Crippen LogP contribution is 2.39. The fourth-order valence-electron chi connectivity index (χ4n) is 4.13. The molecule has 2 aromatic rings. The molecule has 4 N–H and O–H groups in total. The summed E-state index contributed by atoms with van der Waals surface area (Å²) in [4.78, 5) is 0. The van der Waals surface area contributed by atoms with Crippen LogP contribution in [0.1, 0.15) is 34.7 Å². The highest BCUT2D eigenvalue weighted by atomic mass is 16.6. The molecule has 0 unspecified atom stereocenters. The van der Waals surface area contributed by atoms with Crippen LogP contribution < -0.4 is 0 Å². The fourth-order valence-corrected chi connectivity index (χ4v) is 4.13. The molecule has 6 heteroatoms. The summed E-state index contributed by atoms with van der Waals surface area (Å²) >= 11 is 0. The van der Waals surface area contributed by atoms with Crippen molar-refractivity contribution in [3.05, 3.63) is 70.3 Å². The fraction of sp³-hybridized carbons (Fsp3) is 0.500. The number of aryl methyl sites for hydroxylation is 2. The van der Waals surface area contributed by atoms with Crippen LogP contribution >= 0.6 is 0 Å². The lowest BCUT2D eigenvalue weighted by molar-refractivity contribution is -0.290. The Hall–Kier alpha value is -1.80. The average Bonchev–Trinajstić information content (AvgIpc) is 2.76. The molecule has 0 aromatic heterocycles. The normalized spacial score (nSPS) is 29.2. The molecule has 1 saturated heterocycles. The van der Waals surface area contributed by atoms with Gasteiger partial charge in [0.2, 0.25) is 0 Å². The minimum atomic E-state index is -1.47. The topological polar surface area (TPSA) is 99.4 Å². The quantitative estimate of drug-likeness (QED) is 0.546. The molecule has 0 bridgehead atoms. The Balaban J connectivity index is 1.99. The van der Waals surface area contributed by atoms with E-state index in [0.717, 1.165) is 17.5 Å². The Morgan fingerprint density at radius 2 is 1.67 bits per heavy atom. The molecule has 0 aliphatic carbocycles. The Bertz CT molecular complexity index is 834. The number of aliphatic hydroxyl groups is 4. The summed E-state index contributed by atoms with van der Waals surface area (Å²) in [7, 11) is 1.48. The van der Waals surface area contributed by atoms with Gasteiger partial charge in [0.05, 0.1) is 13.2 Å². The summed E-state index contributed by atoms with van der Waals surface area (Å²) in [5, 5.41) is 41.1. The standard InChI is InChI=1S/C24H32O6/c1-4-16-6-8-17(9-7-16)11-18-12-19(10-5-15(18)2)24(14-29-3)23(28)22(27)21(26)20(13-25)30-24/h5-10,12,20-23,25-28H,4,11,13-14H2,1-3H3/t20-,21+,22-,23+,24+/m0/s1. The zero-order valence-electron chi connectivity index (χ0n) is 17.8. The lowest BCUT2D eigenvalue weighted by Gasteiger charge is -2.48. The van der Waals surface area contributed by atoms with Crippen LogP contribution in [0.3, 0.4) is 0 Å². The maximum Gasteiger partial charge on any atom is 0.145 e. The molecule has 3 rings (SSSR count). The van der Waals surface area contributed by atoms with Gasteiger partial charge in [-0.1, -0.05) is 49.4 Å². The predicted molar refractivity (Wildman–Crippen MR) is 113 cm³/mol. The molecule has 5 atom stereocenters. The first-order chi connectivity index (χ1) is 14.4. The molecule has 0 saturated carbocycles. The number of hydrogen-bond donors (Lipinski definition) is 4. The summed E-state index contributed by atoms with van der Waals surface area (Å²) in [5.41, 5.74) is 3.83. The molecule has 0 spiro atoms. The van der Waals surface area contributed by atoms with Gasteiger partial charge in [0.1, 0.15) is 30.0 Å². The van der Waals surface area contributed by atoms with Gasteiger partial charge in [0.25, 0.3) is 0 Å². The largest absolute Gasteiger partial charge is 0.394 e. The Morgan fingerprint density at radius 1 is 1.00 bits per heavy atom. The van der Waals surface area contributed by atoms with E-state index < -0.39 is 36.6 Å². The Morgan fingerprint density at radius 3 is 2.27 bits per heavy atom. The zero-order valence-corrected chi connectivity index (χ0v) is 17.8. The maximum absolute atomic E-state index is 10.9. The second kappa shape index (κ2) is 9.56. The third kappa shape index (κ3) is 4.30. The van der Waals surface area contributed by atoms with Gasteiger partial charge < -0.3 is 29.9 Å². The van der Waals surface area contributed by atoms with Gasteiger partial charge in [-0.25, -0.2) is 0 Å². The molecule has 1 aliphatic rings. The van der Waals surface area contributed by atoms with Crippen LogP contribution in [0.2, 0.25) is 0 Å². The number of methoxy groups -OCH3 is 1. The van der Waals surface area contributed by atoms with Crippen LogP contribution in [0, 0.1) is 6.92 Å². The second-order valence-corrected chi connectivity index (χ2v) is 8.08. The van der Waals surface area contributed by atoms with E-state index in [1.807, 2.05) is 25.1 Å². The highest BCUT2D eigenvalue weighted by molar-refractivity contribution is 5.39. The molecule has 6 nitrogen and oxygen atoms in total. The molecular weight excluding hydrogens is 384 g/mol. The van der Waals surface area contributed by atoms with Crippen molar-refractivity contribution in [2.45, 2.75) is 56.7 Å². The SMILES string of the molecule is CCc1ccc(Cc2cc([C@@]3(COC)O[C@@H](CO)[C@@H](O)[C@H](O)[C@H]3O)ccc2C)cc1. The van der Waals surface area contributed by atoms with Crippen molar-refractivity contribution >= 4 is 0 Å². The number of hydrogen-bond acceptors (Lipinski definition) is 6. The summed E-state index contributed by atoms with van der Waals surface area (Å²) in [5.74, 6) is 0. The summed E-state index contributed by atoms with van der Waals surface area (Å²) < 4.78 is 11.3. The minimum absolute atomic E-state index is 0.0395. The van der Waals surface area contributed by atoms with Crippen LogP contribution in [0.15, 0.2) is 42.5 Å². The van der Waals surface area contributed by atoms with Crippen LogP contribution in [0.5, 0.6) is 0 Å². The lowest BCUT2D eigenvalue weighted by Crippen LogP contribution is -2.65. The van der Waals surface area contributed by atoms with Gasteiger partial charge in [-0.3, -0.25) is 0 Å². The molecule has 0 radical (unpaired) electrons. The van der Waals surface area contributed by atoms with Crippen molar-refractivity contribution in [1.29, 1.82) is 0 Å². The van der Waals surface area contributed by atoms with Crippen molar-refractivity contribution in [2.75, 3.05) is 20.3 Å². The van der Waals surface area contributed by atoms with Crippen LogP contribution in [0.25, 0.3) is 0 Å². The van der Waals surface area contributed by atoms with E-state index in [9.17, 15) is 20.4 Å². The van der Waals surface area contributed by atoms with Gasteiger partial charge in [0, 0.05) is 7.11 Å². The molecule has 0 amide bonds. The van der Waals surface area contributed by atoms with Gasteiger partial charge in [-0.2, -0.15) is 0 Å². The molecule has 1 aliphatic heterocycles. The third-order valence-electron chi connectivity index (χ3n) is 6.10. The monoisotopic (exact) mass is 416 g/mol. The van der Waals surface area contributed by atoms with Crippen LogP contribution in [0.4, 0.5) is 0 Å². The molecular formula is C24H32O6. The number of ether oxygens (including phenoxy) is 2. The smallest absolute Gasteiger partial charge is 0.145 e. The Labute approximate surface area is 177 Å². The molecule has 30 heavy (non-hydrogen) atoms. The summed E-state index contributed by atoms with van der Waals surface area (Å²) in [6.45, 7) is 3.62. The van der Waals surface area contributed by atoms with Gasteiger partial charge in [0.15, 0.2) is 0 Å². The number of rotatable bonds is 7. The van der Waals surface area contributed by atoms with Crippen molar-refractivity contribution < 1.29 is 29.9 Å². The predicted octanol–water partition coefficient (Wildman–Crippen LogP) is 1.46. The molecule has 1 fully saturated rings. The van der Waals surface area contributed by atoms with Gasteiger partial charge >= 0.3 is 0 Å². The number of aliphatic hydroxyl groups excluding tert-OH is 4. The van der Waals surface area contributed by atoms with E-state index in [1.54, 1.807) is 0 Å². The van der Waals surface area contributed by atoms with Gasteiger partial charge in [-0.15, -0.1) is 0 Å². The van der Waals surface area contributed by atoms with E-state index in [2.05, 4.69) is 31.2 Å². The van der Waals surface area contributed by atoms with E-state index in [-0.39, 0.29) is 6.61 Å². The van der Waals surface area contributed by atoms with Crippen LogP contribution in [-0.2, 0) is 27.9 Å². The first-order valence-corrected chi connectivity index (χ1v) is 10.4. The van der Waals surface area contributed by atoms with Crippen molar-refractivity contribution in [3.8, 4) is 0 Å². The number of benzene rings is 2. The molecule has 2 aromatic carbocycles. The van der Waals surface area contributed by atoms with E-state index >= 15 is 0 Å². The van der Waals surface area contributed by atoms with Gasteiger partial charge in [-0.05, 0) is 47.6 Å². The Kier molecular flexibility index (Phi) is 7.29. The minimum Gasteiger partial charge on any atom is -0.394 e. The summed E-state index contributed by atoms with van der Waals surface area (Å²) in [6.07, 6.45) is -3.63. The zero-order chi connectivity index (χ0) is 21.9. The molecule has 1 heterocycles. The van der Waals surface area contributed by atoms with Crippen molar-refractivity contribution in [1.82, 2.24) is 0 Å². The maximum atomic E-state index is 10.9. The molecule has 164 valence electrons. The second-order valence-electron chi connectivity index (χ2n) is 8.08. The van der Waals surface area contributed by atoms with E-state index in [4.69, 9.17) is 9.47 Å². The average molecular weight is 417 g/mol. The van der Waals surface area contributed by atoms with Crippen molar-refractivity contribution in [2.24, 2.45) is 0 Å². The van der Waals surface area contributed by atoms with E-state index in [1.165, 1.54) is 18.2 Å². The van der Waals surface area contributed by atoms with E-state index in [0.29, 0.717) is 12.0 Å². The first kappa shape index (κ1) is 22.9. The summed E-state index contributed by atoms with van der Waals surface area (Å²) in [6, 6.07) is 14.2. The van der Waals surface area contributed by atoms with Crippen LogP contribution in [-0.4, -0.2) is 65.2 Å².